The molecule has 0 unspecified atom stereocenters. The van der Waals surface area contributed by atoms with E-state index >= 15 is 0 Å². The molecule has 1 aromatic heterocycles. The molecular formula is C15H24O. The minimum Gasteiger partial charge on any atom is -0.461 e. The first-order chi connectivity index (χ1) is 7.69. The normalized spacial score (nSPS) is 8.31. The lowest BCUT2D eigenvalue weighted by Crippen LogP contribution is -1.80. The maximum absolute atomic E-state index is 5.53. The van der Waals surface area contributed by atoms with Crippen LogP contribution in [0.15, 0.2) is 36.8 Å². The van der Waals surface area contributed by atoms with Gasteiger partial charge in [0.2, 0.25) is 0 Å². The maximum Gasteiger partial charge on any atom is 0.133 e. The minimum absolute atomic E-state index is 0.414. The standard InChI is InChI=1S/C11H14O.C2H6.C2H4/c1-5-9-7-11(8(3)4)12-10(9)6-2;2*1-2/h5-8H,1-2H2,3-4H3;1-2H3;1-2H2. The molecule has 1 rings (SSSR count). The van der Waals surface area contributed by atoms with E-state index in [1.807, 2.05) is 19.9 Å². The summed E-state index contributed by atoms with van der Waals surface area (Å²) < 4.78 is 5.53. The number of hydrogen-bond donors (Lipinski definition) is 0. The zero-order valence-corrected chi connectivity index (χ0v) is 11.0. The highest BCUT2D eigenvalue weighted by Gasteiger charge is 2.08. The molecule has 0 amide bonds. The third kappa shape index (κ3) is 4.83. The molecule has 0 fully saturated rings. The molecule has 0 N–H and O–H groups in total. The van der Waals surface area contributed by atoms with Crippen LogP contribution in [0.1, 0.15) is 50.7 Å². The number of hydrogen-bond acceptors (Lipinski definition) is 1. The molecule has 0 aliphatic carbocycles. The van der Waals surface area contributed by atoms with Crippen molar-refractivity contribution in [1.29, 1.82) is 0 Å². The van der Waals surface area contributed by atoms with Crippen molar-refractivity contribution in [3.05, 3.63) is 49.5 Å². The molecule has 1 heterocycles. The molecule has 16 heavy (non-hydrogen) atoms. The Morgan fingerprint density at radius 2 is 1.62 bits per heavy atom. The van der Waals surface area contributed by atoms with Crippen LogP contribution in [0, 0.1) is 0 Å². The Kier molecular flexibility index (Phi) is 10.6. The fraction of sp³-hybridized carbons (Fsp3) is 0.333. The first-order valence-corrected chi connectivity index (χ1v) is 5.57. The second kappa shape index (κ2) is 10.0. The summed E-state index contributed by atoms with van der Waals surface area (Å²) in [6.45, 7) is 21.6. The zero-order valence-electron chi connectivity index (χ0n) is 11.0. The molecule has 0 aromatic carbocycles. The van der Waals surface area contributed by atoms with E-state index in [0.717, 1.165) is 17.1 Å². The highest BCUT2D eigenvalue weighted by atomic mass is 16.3. The third-order valence-electron chi connectivity index (χ3n) is 1.78. The first kappa shape index (κ1) is 16.9. The molecule has 0 radical (unpaired) electrons. The molecule has 0 aliphatic rings. The topological polar surface area (TPSA) is 13.1 Å². The molecular weight excluding hydrogens is 196 g/mol. The van der Waals surface area contributed by atoms with Gasteiger partial charge in [-0.15, -0.1) is 13.2 Å². The Morgan fingerprint density at radius 1 is 1.12 bits per heavy atom. The second-order valence-corrected chi connectivity index (χ2v) is 3.03. The molecule has 1 aromatic rings. The Morgan fingerprint density at radius 3 is 1.88 bits per heavy atom. The first-order valence-electron chi connectivity index (χ1n) is 5.57. The Labute approximate surface area is 100 Å². The van der Waals surface area contributed by atoms with Gasteiger partial charge in [-0.05, 0) is 12.1 Å². The van der Waals surface area contributed by atoms with Crippen LogP contribution in [0.2, 0.25) is 0 Å². The van der Waals surface area contributed by atoms with Crippen molar-refractivity contribution < 1.29 is 4.42 Å². The largest absolute Gasteiger partial charge is 0.461 e. The van der Waals surface area contributed by atoms with Crippen molar-refractivity contribution in [2.75, 3.05) is 0 Å². The molecule has 0 bridgehead atoms. The van der Waals surface area contributed by atoms with Crippen molar-refractivity contribution in [2.45, 2.75) is 33.6 Å². The average Bonchev–Trinajstić information content (AvgIpc) is 2.77. The molecule has 0 saturated carbocycles. The summed E-state index contributed by atoms with van der Waals surface area (Å²) in [5.41, 5.74) is 1.02. The van der Waals surface area contributed by atoms with E-state index in [4.69, 9.17) is 4.42 Å². The summed E-state index contributed by atoms with van der Waals surface area (Å²) in [6.07, 6.45) is 3.50. The summed E-state index contributed by atoms with van der Waals surface area (Å²) in [4.78, 5) is 0. The van der Waals surface area contributed by atoms with Crippen LogP contribution < -0.4 is 0 Å². The lowest BCUT2D eigenvalue weighted by molar-refractivity contribution is 0.479. The van der Waals surface area contributed by atoms with Crippen molar-refractivity contribution >= 4 is 12.2 Å². The van der Waals surface area contributed by atoms with Crippen LogP contribution >= 0.6 is 0 Å². The molecule has 90 valence electrons. The van der Waals surface area contributed by atoms with Crippen molar-refractivity contribution in [2.24, 2.45) is 0 Å². The fourth-order valence-electron chi connectivity index (χ4n) is 1.04. The summed E-state index contributed by atoms with van der Waals surface area (Å²) in [7, 11) is 0. The van der Waals surface area contributed by atoms with Gasteiger partial charge in [0.25, 0.3) is 0 Å². The van der Waals surface area contributed by atoms with Crippen LogP contribution in [-0.4, -0.2) is 0 Å². The van der Waals surface area contributed by atoms with E-state index < -0.39 is 0 Å². The van der Waals surface area contributed by atoms with Crippen molar-refractivity contribution in [3.8, 4) is 0 Å². The second-order valence-electron chi connectivity index (χ2n) is 3.03. The Bertz CT molecular complexity index is 280. The summed E-state index contributed by atoms with van der Waals surface area (Å²) >= 11 is 0. The Hall–Kier alpha value is -1.50. The van der Waals surface area contributed by atoms with Crippen molar-refractivity contribution in [1.82, 2.24) is 0 Å². The SMILES string of the molecule is C=C.C=Cc1cc(C(C)C)oc1C=C.CC. The van der Waals surface area contributed by atoms with Crippen LogP contribution in [0.3, 0.4) is 0 Å². The third-order valence-corrected chi connectivity index (χ3v) is 1.78. The van der Waals surface area contributed by atoms with Gasteiger partial charge in [0.1, 0.15) is 11.5 Å². The van der Waals surface area contributed by atoms with Gasteiger partial charge in [-0.3, -0.25) is 0 Å². The average molecular weight is 220 g/mol. The van der Waals surface area contributed by atoms with E-state index in [2.05, 4.69) is 40.2 Å². The van der Waals surface area contributed by atoms with Gasteiger partial charge < -0.3 is 4.42 Å². The predicted octanol–water partition coefficient (Wildman–Crippen LogP) is 5.52. The summed E-state index contributed by atoms with van der Waals surface area (Å²) in [5.74, 6) is 2.21. The van der Waals surface area contributed by atoms with Crippen LogP contribution in [0.5, 0.6) is 0 Å². The summed E-state index contributed by atoms with van der Waals surface area (Å²) in [5, 5.41) is 0. The smallest absolute Gasteiger partial charge is 0.133 e. The quantitative estimate of drug-likeness (QED) is 0.611. The molecule has 0 spiro atoms. The van der Waals surface area contributed by atoms with Gasteiger partial charge in [0, 0.05) is 11.5 Å². The van der Waals surface area contributed by atoms with Gasteiger partial charge in [-0.1, -0.05) is 46.9 Å². The van der Waals surface area contributed by atoms with E-state index in [1.54, 1.807) is 12.2 Å². The Balaban J connectivity index is 0. The van der Waals surface area contributed by atoms with E-state index in [-0.39, 0.29) is 0 Å². The molecule has 0 aliphatic heterocycles. The lowest BCUT2D eigenvalue weighted by atomic mass is 10.1. The molecule has 0 atom stereocenters. The highest BCUT2D eigenvalue weighted by molar-refractivity contribution is 5.60. The fourth-order valence-corrected chi connectivity index (χ4v) is 1.04. The van der Waals surface area contributed by atoms with Crippen LogP contribution in [0.4, 0.5) is 0 Å². The van der Waals surface area contributed by atoms with Crippen LogP contribution in [-0.2, 0) is 0 Å². The highest BCUT2D eigenvalue weighted by Crippen LogP contribution is 2.23. The predicted molar refractivity (Wildman–Crippen MR) is 75.6 cm³/mol. The molecule has 1 nitrogen and oxygen atoms in total. The molecule has 1 heteroatoms. The molecule has 0 saturated heterocycles. The lowest BCUT2D eigenvalue weighted by Gasteiger charge is -1.96. The maximum atomic E-state index is 5.53. The van der Waals surface area contributed by atoms with Gasteiger partial charge in [-0.25, -0.2) is 0 Å². The van der Waals surface area contributed by atoms with Crippen molar-refractivity contribution in [3.63, 3.8) is 0 Å². The van der Waals surface area contributed by atoms with E-state index in [1.165, 1.54) is 0 Å². The zero-order chi connectivity index (χ0) is 13.1. The minimum atomic E-state index is 0.414. The van der Waals surface area contributed by atoms with Gasteiger partial charge in [0.15, 0.2) is 0 Å². The number of furan rings is 1. The van der Waals surface area contributed by atoms with Gasteiger partial charge in [-0.2, -0.15) is 0 Å². The van der Waals surface area contributed by atoms with E-state index in [0.29, 0.717) is 5.92 Å². The summed E-state index contributed by atoms with van der Waals surface area (Å²) in [6, 6.07) is 2.01. The van der Waals surface area contributed by atoms with Gasteiger partial charge in [0.05, 0.1) is 0 Å². The number of rotatable bonds is 3. The van der Waals surface area contributed by atoms with E-state index in [9.17, 15) is 0 Å². The van der Waals surface area contributed by atoms with Gasteiger partial charge >= 0.3 is 0 Å². The monoisotopic (exact) mass is 220 g/mol. The van der Waals surface area contributed by atoms with Crippen LogP contribution in [0.25, 0.3) is 12.2 Å².